The average molecular weight is 196 g/mol. The smallest absolute Gasteiger partial charge is 0.0236 e. The molecule has 4 unspecified atom stereocenters. The van der Waals surface area contributed by atoms with Crippen LogP contribution in [0.25, 0.3) is 0 Å². The number of hydrogen-bond acceptors (Lipinski definition) is 0. The maximum absolute atomic E-state index is 3.91. The van der Waals surface area contributed by atoms with E-state index in [0.29, 0.717) is 5.92 Å². The van der Waals surface area contributed by atoms with Gasteiger partial charge in [-0.1, -0.05) is 54.0 Å². The zero-order valence-corrected chi connectivity index (χ0v) is 10.9. The first-order valence-corrected chi connectivity index (χ1v) is 6.08. The molecule has 0 aliphatic heterocycles. The van der Waals surface area contributed by atoms with Gasteiger partial charge in [-0.25, -0.2) is 0 Å². The highest BCUT2D eigenvalue weighted by Gasteiger charge is 2.27. The van der Waals surface area contributed by atoms with Crippen LogP contribution in [0.2, 0.25) is 0 Å². The Balaban J connectivity index is 4.55. The summed E-state index contributed by atoms with van der Waals surface area (Å²) in [7, 11) is 0. The van der Waals surface area contributed by atoms with Crippen LogP contribution >= 0.6 is 0 Å². The molecule has 0 bridgehead atoms. The Hall–Kier alpha value is -0.260. The first kappa shape index (κ1) is 13.7. The second-order valence-electron chi connectivity index (χ2n) is 5.16. The number of hydrogen-bond donors (Lipinski definition) is 0. The fourth-order valence-electron chi connectivity index (χ4n) is 2.62. The zero-order valence-electron chi connectivity index (χ0n) is 10.9. The fourth-order valence-corrected chi connectivity index (χ4v) is 2.62. The molecule has 0 spiro atoms. The SMILES string of the molecule is C=CC(C)C(C)C(C(C)C)C(C)CC. The van der Waals surface area contributed by atoms with E-state index in [4.69, 9.17) is 0 Å². The third-order valence-corrected chi connectivity index (χ3v) is 3.88. The van der Waals surface area contributed by atoms with Gasteiger partial charge in [0.25, 0.3) is 0 Å². The predicted octanol–water partition coefficient (Wildman–Crippen LogP) is 4.76. The molecule has 84 valence electrons. The Bertz CT molecular complexity index is 157. The summed E-state index contributed by atoms with van der Waals surface area (Å²) in [5, 5.41) is 0. The molecular formula is C14H28. The van der Waals surface area contributed by atoms with Crippen LogP contribution in [0.5, 0.6) is 0 Å². The second kappa shape index (κ2) is 6.27. The van der Waals surface area contributed by atoms with E-state index in [0.717, 1.165) is 23.7 Å². The van der Waals surface area contributed by atoms with E-state index in [1.54, 1.807) is 0 Å². The Morgan fingerprint density at radius 1 is 1.07 bits per heavy atom. The highest BCUT2D eigenvalue weighted by atomic mass is 14.3. The Morgan fingerprint density at radius 3 is 1.86 bits per heavy atom. The van der Waals surface area contributed by atoms with E-state index in [9.17, 15) is 0 Å². The highest BCUT2D eigenvalue weighted by Crippen LogP contribution is 2.34. The van der Waals surface area contributed by atoms with Crippen molar-refractivity contribution < 1.29 is 0 Å². The van der Waals surface area contributed by atoms with Gasteiger partial charge in [0.05, 0.1) is 0 Å². The van der Waals surface area contributed by atoms with E-state index in [-0.39, 0.29) is 0 Å². The van der Waals surface area contributed by atoms with E-state index < -0.39 is 0 Å². The normalized spacial score (nSPS) is 20.2. The topological polar surface area (TPSA) is 0 Å². The standard InChI is InChI=1S/C14H28/c1-8-11(5)13(7)14(10(3)4)12(6)9-2/h8,10-14H,1,9H2,2-7H3. The molecule has 0 heterocycles. The van der Waals surface area contributed by atoms with Gasteiger partial charge in [-0.2, -0.15) is 0 Å². The van der Waals surface area contributed by atoms with Crippen molar-refractivity contribution >= 4 is 0 Å². The highest BCUT2D eigenvalue weighted by molar-refractivity contribution is 4.85. The van der Waals surface area contributed by atoms with E-state index >= 15 is 0 Å². The fraction of sp³-hybridized carbons (Fsp3) is 0.857. The largest absolute Gasteiger partial charge is 0.103 e. The van der Waals surface area contributed by atoms with Crippen LogP contribution in [0.4, 0.5) is 0 Å². The maximum atomic E-state index is 3.91. The van der Waals surface area contributed by atoms with Crippen LogP contribution < -0.4 is 0 Å². The van der Waals surface area contributed by atoms with Crippen molar-refractivity contribution in [3.8, 4) is 0 Å². The van der Waals surface area contributed by atoms with E-state index in [1.165, 1.54) is 6.42 Å². The van der Waals surface area contributed by atoms with Crippen molar-refractivity contribution in [3.05, 3.63) is 12.7 Å². The van der Waals surface area contributed by atoms with Gasteiger partial charge in [0, 0.05) is 0 Å². The molecule has 0 saturated heterocycles. The third kappa shape index (κ3) is 3.48. The molecule has 0 aromatic rings. The molecule has 0 N–H and O–H groups in total. The molecular weight excluding hydrogens is 168 g/mol. The van der Waals surface area contributed by atoms with Crippen molar-refractivity contribution in [1.29, 1.82) is 0 Å². The monoisotopic (exact) mass is 196 g/mol. The van der Waals surface area contributed by atoms with E-state index in [2.05, 4.69) is 54.2 Å². The van der Waals surface area contributed by atoms with Gasteiger partial charge in [0.15, 0.2) is 0 Å². The van der Waals surface area contributed by atoms with Crippen LogP contribution in [-0.2, 0) is 0 Å². The van der Waals surface area contributed by atoms with Crippen molar-refractivity contribution in [2.45, 2.75) is 48.0 Å². The first-order chi connectivity index (χ1) is 6.45. The number of rotatable bonds is 6. The van der Waals surface area contributed by atoms with Crippen molar-refractivity contribution in [3.63, 3.8) is 0 Å². The van der Waals surface area contributed by atoms with Crippen LogP contribution in [0, 0.1) is 29.6 Å². The van der Waals surface area contributed by atoms with Crippen LogP contribution in [0.1, 0.15) is 48.0 Å². The summed E-state index contributed by atoms with van der Waals surface area (Å²) >= 11 is 0. The van der Waals surface area contributed by atoms with E-state index in [1.807, 2.05) is 0 Å². The second-order valence-corrected chi connectivity index (χ2v) is 5.16. The first-order valence-electron chi connectivity index (χ1n) is 6.08. The minimum Gasteiger partial charge on any atom is -0.103 e. The van der Waals surface area contributed by atoms with Crippen LogP contribution in [0.3, 0.4) is 0 Å². The third-order valence-electron chi connectivity index (χ3n) is 3.88. The van der Waals surface area contributed by atoms with Gasteiger partial charge in [-0.15, -0.1) is 6.58 Å². The Morgan fingerprint density at radius 2 is 1.57 bits per heavy atom. The van der Waals surface area contributed by atoms with Crippen LogP contribution in [-0.4, -0.2) is 0 Å². The van der Waals surface area contributed by atoms with Crippen LogP contribution in [0.15, 0.2) is 12.7 Å². The molecule has 0 heteroatoms. The lowest BCUT2D eigenvalue weighted by atomic mass is 9.71. The molecule has 0 radical (unpaired) electrons. The number of allylic oxidation sites excluding steroid dienone is 1. The summed E-state index contributed by atoms with van der Waals surface area (Å²) in [6.45, 7) is 18.0. The van der Waals surface area contributed by atoms with Gasteiger partial charge in [-0.05, 0) is 29.6 Å². The average Bonchev–Trinajstić information content (AvgIpc) is 2.15. The zero-order chi connectivity index (χ0) is 11.3. The molecule has 0 aromatic carbocycles. The molecule has 0 aromatic heterocycles. The van der Waals surface area contributed by atoms with Crippen molar-refractivity contribution in [1.82, 2.24) is 0 Å². The lowest BCUT2D eigenvalue weighted by molar-refractivity contribution is 0.155. The summed E-state index contributed by atoms with van der Waals surface area (Å²) in [5.74, 6) is 3.82. The summed E-state index contributed by atoms with van der Waals surface area (Å²) in [6, 6.07) is 0. The molecule has 0 nitrogen and oxygen atoms in total. The minimum atomic E-state index is 0.636. The molecule has 4 atom stereocenters. The Kier molecular flexibility index (Phi) is 6.15. The molecule has 0 amide bonds. The predicted molar refractivity (Wildman–Crippen MR) is 66.3 cm³/mol. The van der Waals surface area contributed by atoms with Gasteiger partial charge in [0.2, 0.25) is 0 Å². The summed E-state index contributed by atoms with van der Waals surface area (Å²) in [4.78, 5) is 0. The van der Waals surface area contributed by atoms with Crippen molar-refractivity contribution in [2.24, 2.45) is 29.6 Å². The summed E-state index contributed by atoms with van der Waals surface area (Å²) in [5.41, 5.74) is 0. The minimum absolute atomic E-state index is 0.636. The molecule has 14 heavy (non-hydrogen) atoms. The van der Waals surface area contributed by atoms with Gasteiger partial charge in [-0.3, -0.25) is 0 Å². The Labute approximate surface area is 90.8 Å². The lowest BCUT2D eigenvalue weighted by Gasteiger charge is -2.35. The molecule has 0 fully saturated rings. The summed E-state index contributed by atoms with van der Waals surface area (Å²) in [6.07, 6.45) is 3.39. The maximum Gasteiger partial charge on any atom is -0.0236 e. The molecule has 0 aliphatic carbocycles. The van der Waals surface area contributed by atoms with Gasteiger partial charge < -0.3 is 0 Å². The molecule has 0 aliphatic rings. The van der Waals surface area contributed by atoms with Gasteiger partial charge >= 0.3 is 0 Å². The van der Waals surface area contributed by atoms with Gasteiger partial charge in [0.1, 0.15) is 0 Å². The van der Waals surface area contributed by atoms with Crippen molar-refractivity contribution in [2.75, 3.05) is 0 Å². The lowest BCUT2D eigenvalue weighted by Crippen LogP contribution is -2.28. The quantitative estimate of drug-likeness (QED) is 0.537. The molecule has 0 rings (SSSR count). The molecule has 0 saturated carbocycles. The summed E-state index contributed by atoms with van der Waals surface area (Å²) < 4.78 is 0.